The van der Waals surface area contributed by atoms with Crippen LogP contribution in [-0.4, -0.2) is 83.3 Å². The van der Waals surface area contributed by atoms with E-state index in [2.05, 4.69) is 16.4 Å². The van der Waals surface area contributed by atoms with Crippen molar-refractivity contribution in [2.45, 2.75) is 43.4 Å². The highest BCUT2D eigenvalue weighted by Crippen LogP contribution is 2.51. The number of hydrogen-bond donors (Lipinski definition) is 4. The summed E-state index contributed by atoms with van der Waals surface area (Å²) >= 11 is 0. The number of methoxy groups -OCH3 is 1. The van der Waals surface area contributed by atoms with Gasteiger partial charge in [-0.1, -0.05) is 18.2 Å². The van der Waals surface area contributed by atoms with Gasteiger partial charge in [-0.15, -0.1) is 0 Å². The predicted molar refractivity (Wildman–Crippen MR) is 150 cm³/mol. The van der Waals surface area contributed by atoms with E-state index in [1.165, 1.54) is 7.11 Å². The van der Waals surface area contributed by atoms with Gasteiger partial charge in [0.2, 0.25) is 11.8 Å². The highest BCUT2D eigenvalue weighted by molar-refractivity contribution is 5.96. The van der Waals surface area contributed by atoms with Crippen molar-refractivity contribution < 1.29 is 34.1 Å². The Labute approximate surface area is 236 Å². The van der Waals surface area contributed by atoms with Crippen molar-refractivity contribution in [1.29, 1.82) is 0 Å². The van der Waals surface area contributed by atoms with E-state index < -0.39 is 30.1 Å². The average molecular weight is 560 g/mol. The summed E-state index contributed by atoms with van der Waals surface area (Å²) in [7, 11) is 1.46. The number of nitrogens with zero attached hydrogens (tertiary/aromatic N) is 1. The maximum atomic E-state index is 13.6. The number of aliphatic hydroxyl groups excluding tert-OH is 2. The van der Waals surface area contributed by atoms with Crippen LogP contribution in [0, 0.1) is 5.92 Å². The zero-order valence-electron chi connectivity index (χ0n) is 22.7. The number of amides is 2. The highest BCUT2D eigenvalue weighted by Gasteiger charge is 2.52. The van der Waals surface area contributed by atoms with Gasteiger partial charge in [-0.3, -0.25) is 14.4 Å². The van der Waals surface area contributed by atoms with Crippen molar-refractivity contribution in [2.75, 3.05) is 26.8 Å². The van der Waals surface area contributed by atoms with E-state index in [9.17, 15) is 24.6 Å². The van der Waals surface area contributed by atoms with Crippen LogP contribution in [0.3, 0.4) is 0 Å². The van der Waals surface area contributed by atoms with E-state index in [-0.39, 0.29) is 25.0 Å². The second-order valence-electron chi connectivity index (χ2n) is 10.8. The number of hydrogen-bond acceptors (Lipinski definition) is 7. The normalized spacial score (nSPS) is 22.8. The number of H-pyrrole nitrogens is 1. The number of aromatic amines is 1. The molecule has 3 aromatic rings. The molecule has 4 N–H and O–H groups in total. The largest absolute Gasteiger partial charge is 0.493 e. The Morgan fingerprint density at radius 3 is 2.73 bits per heavy atom. The van der Waals surface area contributed by atoms with Crippen LogP contribution in [0.4, 0.5) is 0 Å². The number of carbonyl (C=O) groups excluding carboxylic acids is 3. The summed E-state index contributed by atoms with van der Waals surface area (Å²) < 4.78 is 11.7. The second kappa shape index (κ2) is 11.0. The van der Waals surface area contributed by atoms with E-state index in [0.29, 0.717) is 47.5 Å². The van der Waals surface area contributed by atoms with Crippen LogP contribution in [0.25, 0.3) is 10.9 Å². The third-order valence-corrected chi connectivity index (χ3v) is 8.19. The lowest BCUT2D eigenvalue weighted by molar-refractivity contribution is -0.138. The van der Waals surface area contributed by atoms with Gasteiger partial charge in [0.25, 0.3) is 0 Å². The van der Waals surface area contributed by atoms with Crippen LogP contribution in [0.1, 0.15) is 40.4 Å². The Kier molecular flexibility index (Phi) is 7.27. The Balaban J connectivity index is 1.38. The summed E-state index contributed by atoms with van der Waals surface area (Å²) in [6.45, 7) is 0.123. The van der Waals surface area contributed by atoms with Crippen molar-refractivity contribution in [3.05, 3.63) is 70.9 Å². The van der Waals surface area contributed by atoms with Crippen molar-refractivity contribution in [1.82, 2.24) is 15.2 Å². The third-order valence-electron chi connectivity index (χ3n) is 8.19. The summed E-state index contributed by atoms with van der Waals surface area (Å²) in [4.78, 5) is 43.8. The molecular weight excluding hydrogens is 526 g/mol. The summed E-state index contributed by atoms with van der Waals surface area (Å²) in [6, 6.07) is 12.4. The number of ether oxygens (including phenoxy) is 2. The third kappa shape index (κ3) is 4.98. The molecule has 1 saturated carbocycles. The molecular formula is C31H33N3O7. The van der Waals surface area contributed by atoms with Crippen molar-refractivity contribution in [2.24, 2.45) is 5.92 Å². The van der Waals surface area contributed by atoms with Crippen LogP contribution in [-0.2, 0) is 16.0 Å². The Bertz CT molecular complexity index is 1490. The zero-order chi connectivity index (χ0) is 28.7. The molecule has 214 valence electrons. The lowest BCUT2D eigenvalue weighted by Crippen LogP contribution is -2.56. The lowest BCUT2D eigenvalue weighted by Gasteiger charge is -2.41. The summed E-state index contributed by atoms with van der Waals surface area (Å²) in [5, 5.41) is 24.9. The minimum atomic E-state index is -1.16. The maximum Gasteiger partial charge on any atom is 0.247 e. The summed E-state index contributed by atoms with van der Waals surface area (Å²) in [6.07, 6.45) is 2.40. The molecule has 0 radical (unpaired) electrons. The molecule has 0 spiro atoms. The SMILES string of the molecule is COc1cc(C=O)cc2c1OC1C2C(C(=O)NCCO)=CC(N(CCc2cc3ccccc3[nH]2)C(=O)C2CC2)C1O. The Morgan fingerprint density at radius 2 is 2.02 bits per heavy atom. The number of aliphatic hydroxyl groups is 2. The molecule has 2 aromatic carbocycles. The molecule has 2 heterocycles. The van der Waals surface area contributed by atoms with Gasteiger partial charge in [-0.2, -0.15) is 0 Å². The van der Waals surface area contributed by atoms with Gasteiger partial charge in [-0.25, -0.2) is 0 Å². The van der Waals surface area contributed by atoms with Gasteiger partial charge in [0, 0.05) is 53.3 Å². The summed E-state index contributed by atoms with van der Waals surface area (Å²) in [5.41, 5.74) is 3.18. The molecule has 2 amide bonds. The molecule has 10 nitrogen and oxygen atoms in total. The number of para-hydroxylation sites is 1. The van der Waals surface area contributed by atoms with Gasteiger partial charge < -0.3 is 34.9 Å². The molecule has 4 unspecified atom stereocenters. The average Bonchev–Trinajstić information content (AvgIpc) is 3.65. The zero-order valence-corrected chi connectivity index (χ0v) is 22.7. The first kappa shape index (κ1) is 27.0. The smallest absolute Gasteiger partial charge is 0.247 e. The van der Waals surface area contributed by atoms with Crippen LogP contribution in [0.15, 0.2) is 54.1 Å². The van der Waals surface area contributed by atoms with Gasteiger partial charge in [0.05, 0.1) is 25.7 Å². The quantitative estimate of drug-likeness (QED) is 0.279. The minimum absolute atomic E-state index is 0.0390. The predicted octanol–water partition coefficient (Wildman–Crippen LogP) is 2.09. The highest BCUT2D eigenvalue weighted by atomic mass is 16.5. The molecule has 41 heavy (non-hydrogen) atoms. The van der Waals surface area contributed by atoms with Gasteiger partial charge in [0.15, 0.2) is 11.5 Å². The number of nitrogens with one attached hydrogen (secondary N) is 2. The number of benzene rings is 2. The number of aldehydes is 1. The van der Waals surface area contributed by atoms with Crippen LogP contribution in [0.5, 0.6) is 11.5 Å². The van der Waals surface area contributed by atoms with Crippen molar-refractivity contribution in [3.63, 3.8) is 0 Å². The van der Waals surface area contributed by atoms with Crippen LogP contribution >= 0.6 is 0 Å². The summed E-state index contributed by atoms with van der Waals surface area (Å²) in [5.74, 6) is -0.636. The molecule has 2 aliphatic carbocycles. The fraction of sp³-hybridized carbons (Fsp3) is 0.387. The monoisotopic (exact) mass is 559 g/mol. The Morgan fingerprint density at radius 1 is 1.22 bits per heavy atom. The van der Waals surface area contributed by atoms with Gasteiger partial charge in [0.1, 0.15) is 18.5 Å². The maximum absolute atomic E-state index is 13.6. The fourth-order valence-electron chi connectivity index (χ4n) is 6.04. The van der Waals surface area contributed by atoms with E-state index in [0.717, 1.165) is 29.4 Å². The fourth-order valence-corrected chi connectivity index (χ4v) is 6.04. The van der Waals surface area contributed by atoms with Crippen molar-refractivity contribution >= 4 is 29.0 Å². The van der Waals surface area contributed by atoms with Gasteiger partial charge in [-0.05, 0) is 48.6 Å². The molecule has 1 aromatic heterocycles. The number of rotatable bonds is 10. The number of fused-ring (bicyclic) bond motifs is 4. The van der Waals surface area contributed by atoms with Crippen LogP contribution in [0.2, 0.25) is 0 Å². The first-order valence-corrected chi connectivity index (χ1v) is 13.9. The standard InChI is InChI=1S/C31H33N3O7/c1-40-25-13-17(16-36)12-21-26-22(30(38)32-9-11-35)15-24(27(37)29(26)41-28(21)25)34(31(39)18-6-7-18)10-8-20-14-19-4-2-3-5-23(19)33-20/h2-5,12-16,18,24,26-27,29,33,35,37H,6-11H2,1H3,(H,32,38). The van der Waals surface area contributed by atoms with E-state index in [1.807, 2.05) is 24.3 Å². The molecule has 6 rings (SSSR count). The molecule has 0 bridgehead atoms. The number of carbonyl (C=O) groups is 3. The van der Waals surface area contributed by atoms with E-state index >= 15 is 0 Å². The second-order valence-corrected chi connectivity index (χ2v) is 10.8. The molecule has 10 heteroatoms. The topological polar surface area (TPSA) is 141 Å². The molecule has 1 aliphatic heterocycles. The molecule has 0 saturated heterocycles. The first-order valence-electron chi connectivity index (χ1n) is 13.9. The molecule has 4 atom stereocenters. The van der Waals surface area contributed by atoms with E-state index in [4.69, 9.17) is 9.47 Å². The number of aromatic nitrogens is 1. The van der Waals surface area contributed by atoms with E-state index in [1.54, 1.807) is 23.1 Å². The minimum Gasteiger partial charge on any atom is -0.493 e. The van der Waals surface area contributed by atoms with Gasteiger partial charge >= 0.3 is 0 Å². The molecule has 3 aliphatic rings. The Hall–Kier alpha value is -4.15. The van der Waals surface area contributed by atoms with Crippen LogP contribution < -0.4 is 14.8 Å². The molecule has 1 fully saturated rings. The lowest BCUT2D eigenvalue weighted by atomic mass is 9.77. The van der Waals surface area contributed by atoms with Crippen molar-refractivity contribution in [3.8, 4) is 11.5 Å². The first-order chi connectivity index (χ1) is 19.9.